The molecule has 1 aliphatic rings. The van der Waals surface area contributed by atoms with Crippen LogP contribution in [0.4, 0.5) is 0 Å². The highest BCUT2D eigenvalue weighted by Gasteiger charge is 2.10. The lowest BCUT2D eigenvalue weighted by molar-refractivity contribution is 0.0951. The summed E-state index contributed by atoms with van der Waals surface area (Å²) in [7, 11) is 0. The number of benzene rings is 1. The van der Waals surface area contributed by atoms with Crippen molar-refractivity contribution in [3.63, 3.8) is 0 Å². The van der Waals surface area contributed by atoms with E-state index in [4.69, 9.17) is 4.18 Å². The third-order valence-corrected chi connectivity index (χ3v) is 5.36. The predicted molar refractivity (Wildman–Crippen MR) is 106 cm³/mol. The topological polar surface area (TPSA) is 84.7 Å². The summed E-state index contributed by atoms with van der Waals surface area (Å²) in [5, 5.41) is 14.1. The van der Waals surface area contributed by atoms with Gasteiger partial charge in [0.25, 0.3) is 5.91 Å². The average Bonchev–Trinajstić information content (AvgIpc) is 3.21. The van der Waals surface area contributed by atoms with E-state index in [1.165, 1.54) is 35.8 Å². The molecule has 1 saturated heterocycles. The molecule has 2 aromatic heterocycles. The van der Waals surface area contributed by atoms with Crippen LogP contribution in [0, 0.1) is 0 Å². The van der Waals surface area contributed by atoms with Crippen molar-refractivity contribution >= 4 is 23.6 Å². The molecule has 1 amide bonds. The van der Waals surface area contributed by atoms with Crippen LogP contribution in [0.3, 0.4) is 0 Å². The number of nitrogens with zero attached hydrogens (tertiary/aromatic N) is 5. The lowest BCUT2D eigenvalue weighted by Crippen LogP contribution is -2.30. The summed E-state index contributed by atoms with van der Waals surface area (Å²) in [6.07, 6.45) is 5.52. The van der Waals surface area contributed by atoms with E-state index < -0.39 is 0 Å². The number of likely N-dealkylation sites (tertiary alicyclic amines) is 1. The molecule has 146 valence electrons. The molecule has 0 bridgehead atoms. The molecule has 8 nitrogen and oxygen atoms in total. The van der Waals surface area contributed by atoms with Crippen LogP contribution in [0.5, 0.6) is 0 Å². The summed E-state index contributed by atoms with van der Waals surface area (Å²) in [5.74, 6) is -0.159. The predicted octanol–water partition coefficient (Wildman–Crippen LogP) is 2.52. The zero-order chi connectivity index (χ0) is 19.2. The third kappa shape index (κ3) is 4.86. The summed E-state index contributed by atoms with van der Waals surface area (Å²) in [6.45, 7) is 3.36. The van der Waals surface area contributed by atoms with Gasteiger partial charge in [-0.15, -0.1) is 5.10 Å². The molecule has 28 heavy (non-hydrogen) atoms. The molecule has 1 aromatic carbocycles. The molecule has 1 aliphatic heterocycles. The second-order valence-corrected chi connectivity index (χ2v) is 7.61. The smallest absolute Gasteiger partial charge is 0.251 e. The maximum absolute atomic E-state index is 12.3. The van der Waals surface area contributed by atoms with Gasteiger partial charge in [-0.25, -0.2) is 4.52 Å². The standard InChI is InChI=1S/C19H22N6O2S/c26-19(16-8-11-25-18(12-16)21-22-23-25)20-13-15-4-6-17(7-5-15)28-27-14-24-9-2-1-3-10-24/h4-8,11-12H,1-3,9-10,13-14H2,(H,20,26). The van der Waals surface area contributed by atoms with Crippen LogP contribution in [0.1, 0.15) is 35.2 Å². The fourth-order valence-electron chi connectivity index (χ4n) is 3.09. The van der Waals surface area contributed by atoms with Crippen LogP contribution in [-0.4, -0.2) is 50.7 Å². The summed E-state index contributed by atoms with van der Waals surface area (Å²) in [6, 6.07) is 11.4. The molecule has 9 heteroatoms. The van der Waals surface area contributed by atoms with Gasteiger partial charge in [-0.1, -0.05) is 18.6 Å². The highest BCUT2D eigenvalue weighted by atomic mass is 32.2. The van der Waals surface area contributed by atoms with Gasteiger partial charge >= 0.3 is 0 Å². The van der Waals surface area contributed by atoms with E-state index in [9.17, 15) is 4.79 Å². The zero-order valence-corrected chi connectivity index (χ0v) is 16.3. The molecule has 0 radical (unpaired) electrons. The second-order valence-electron chi connectivity index (χ2n) is 6.73. The Balaban J connectivity index is 1.24. The first-order chi connectivity index (χ1) is 13.8. The number of hydrogen-bond acceptors (Lipinski definition) is 7. The Labute approximate surface area is 167 Å². The van der Waals surface area contributed by atoms with Crippen LogP contribution >= 0.6 is 12.0 Å². The van der Waals surface area contributed by atoms with Gasteiger partial charge in [0.05, 0.1) is 0 Å². The van der Waals surface area contributed by atoms with Crippen molar-refractivity contribution < 1.29 is 8.98 Å². The lowest BCUT2D eigenvalue weighted by atomic mass is 10.1. The van der Waals surface area contributed by atoms with Crippen molar-refractivity contribution in [3.05, 3.63) is 53.7 Å². The number of amides is 1. The molecule has 0 atom stereocenters. The van der Waals surface area contributed by atoms with Crippen molar-refractivity contribution in [2.75, 3.05) is 19.8 Å². The largest absolute Gasteiger partial charge is 0.348 e. The van der Waals surface area contributed by atoms with Crippen molar-refractivity contribution in [1.29, 1.82) is 0 Å². The number of carbonyl (C=O) groups excluding carboxylic acids is 1. The summed E-state index contributed by atoms with van der Waals surface area (Å²) in [4.78, 5) is 15.7. The number of hydrogen-bond donors (Lipinski definition) is 1. The van der Waals surface area contributed by atoms with Crippen LogP contribution in [0.25, 0.3) is 5.65 Å². The number of rotatable bonds is 7. The Hall–Kier alpha value is -2.49. The van der Waals surface area contributed by atoms with E-state index in [-0.39, 0.29) is 5.91 Å². The molecule has 3 aromatic rings. The summed E-state index contributed by atoms with van der Waals surface area (Å²) in [5.41, 5.74) is 2.10. The SMILES string of the molecule is O=C(NCc1ccc(SOCN2CCCCC2)cc1)c1ccn2nnnc2c1. The number of carbonyl (C=O) groups is 1. The van der Waals surface area contributed by atoms with Gasteiger partial charge in [0, 0.05) is 48.3 Å². The number of piperidine rings is 1. The number of nitrogens with one attached hydrogen (secondary N) is 1. The first-order valence-corrected chi connectivity index (χ1v) is 10.1. The van der Waals surface area contributed by atoms with Gasteiger partial charge < -0.3 is 5.32 Å². The van der Waals surface area contributed by atoms with E-state index in [1.54, 1.807) is 18.3 Å². The molecule has 0 saturated carbocycles. The van der Waals surface area contributed by atoms with E-state index in [2.05, 4.69) is 25.7 Å². The maximum atomic E-state index is 12.3. The number of fused-ring (bicyclic) bond motifs is 1. The minimum Gasteiger partial charge on any atom is -0.348 e. The zero-order valence-electron chi connectivity index (χ0n) is 15.5. The Bertz CT molecular complexity index is 924. The van der Waals surface area contributed by atoms with Gasteiger partial charge in [-0.3, -0.25) is 13.9 Å². The minimum absolute atomic E-state index is 0.159. The molecule has 0 unspecified atom stereocenters. The Morgan fingerprint density at radius 1 is 1.14 bits per heavy atom. The van der Waals surface area contributed by atoms with Gasteiger partial charge in [-0.05, 0) is 53.1 Å². The Kier molecular flexibility index (Phi) is 6.15. The van der Waals surface area contributed by atoms with Gasteiger partial charge in [-0.2, -0.15) is 0 Å². The average molecular weight is 398 g/mol. The molecule has 0 aliphatic carbocycles. The number of aromatic nitrogens is 4. The highest BCUT2D eigenvalue weighted by molar-refractivity contribution is 7.94. The van der Waals surface area contributed by atoms with Crippen molar-refractivity contribution in [3.8, 4) is 0 Å². The van der Waals surface area contributed by atoms with Crippen molar-refractivity contribution in [2.24, 2.45) is 0 Å². The normalized spacial score (nSPS) is 15.0. The van der Waals surface area contributed by atoms with Crippen LogP contribution < -0.4 is 5.32 Å². The summed E-state index contributed by atoms with van der Waals surface area (Å²) < 4.78 is 7.25. The lowest BCUT2D eigenvalue weighted by Gasteiger charge is -2.25. The molecule has 1 fully saturated rings. The van der Waals surface area contributed by atoms with E-state index in [1.807, 2.05) is 24.3 Å². The Morgan fingerprint density at radius 2 is 1.96 bits per heavy atom. The number of pyridine rings is 1. The van der Waals surface area contributed by atoms with Crippen molar-refractivity contribution in [2.45, 2.75) is 30.7 Å². The van der Waals surface area contributed by atoms with E-state index in [0.717, 1.165) is 23.5 Å². The van der Waals surface area contributed by atoms with Gasteiger partial charge in [0.2, 0.25) is 0 Å². The third-order valence-electron chi connectivity index (χ3n) is 4.68. The van der Waals surface area contributed by atoms with E-state index >= 15 is 0 Å². The molecule has 1 N–H and O–H groups in total. The highest BCUT2D eigenvalue weighted by Crippen LogP contribution is 2.20. The van der Waals surface area contributed by atoms with Crippen molar-refractivity contribution in [1.82, 2.24) is 30.3 Å². The molecular weight excluding hydrogens is 376 g/mol. The summed E-state index contributed by atoms with van der Waals surface area (Å²) >= 11 is 1.40. The van der Waals surface area contributed by atoms with Crippen LogP contribution in [0.15, 0.2) is 47.5 Å². The molecular formula is C19H22N6O2S. The quantitative estimate of drug-likeness (QED) is 0.612. The van der Waals surface area contributed by atoms with Gasteiger partial charge in [0.1, 0.15) is 6.73 Å². The van der Waals surface area contributed by atoms with Crippen LogP contribution in [-0.2, 0) is 10.7 Å². The molecule has 0 spiro atoms. The second kappa shape index (κ2) is 9.13. The Morgan fingerprint density at radius 3 is 2.79 bits per heavy atom. The fraction of sp³-hybridized carbons (Fsp3) is 0.368. The first kappa shape index (κ1) is 18.9. The van der Waals surface area contributed by atoms with Gasteiger partial charge in [0.15, 0.2) is 5.65 Å². The van der Waals surface area contributed by atoms with Crippen LogP contribution in [0.2, 0.25) is 0 Å². The minimum atomic E-state index is -0.159. The van der Waals surface area contributed by atoms with E-state index in [0.29, 0.717) is 24.5 Å². The molecule has 3 heterocycles. The first-order valence-electron chi connectivity index (χ1n) is 9.35. The molecule has 4 rings (SSSR count). The fourth-order valence-corrected chi connectivity index (χ4v) is 3.67. The monoisotopic (exact) mass is 398 g/mol. The number of tetrazole rings is 1. The maximum Gasteiger partial charge on any atom is 0.251 e.